The Balaban J connectivity index is 0.00000289. The van der Waals surface area contributed by atoms with Gasteiger partial charge < -0.3 is 5.32 Å². The first-order valence-corrected chi connectivity index (χ1v) is 5.87. The molecular formula is C13H18ClNO3. The van der Waals surface area contributed by atoms with Crippen LogP contribution in [0.2, 0.25) is 0 Å². The first-order valence-electron chi connectivity index (χ1n) is 5.87. The fourth-order valence-electron chi connectivity index (χ4n) is 1.52. The van der Waals surface area contributed by atoms with Crippen molar-refractivity contribution >= 4 is 29.9 Å². The van der Waals surface area contributed by atoms with Gasteiger partial charge in [0.15, 0.2) is 0 Å². The van der Waals surface area contributed by atoms with E-state index in [0.717, 1.165) is 19.3 Å². The average Bonchev–Trinajstić information content (AvgIpc) is 2.31. The zero-order valence-corrected chi connectivity index (χ0v) is 11.2. The Morgan fingerprint density at radius 3 is 2.67 bits per heavy atom. The predicted octanol–water partition coefficient (Wildman–Crippen LogP) is 1.74. The number of rotatable bonds is 6. The second kappa shape index (κ2) is 8.64. The summed E-state index contributed by atoms with van der Waals surface area (Å²) in [6, 6.07) is 0. The largest absolute Gasteiger partial charge is 0.352 e. The van der Waals surface area contributed by atoms with Crippen LogP contribution in [0.3, 0.4) is 0 Å². The summed E-state index contributed by atoms with van der Waals surface area (Å²) >= 11 is 0. The third-order valence-electron chi connectivity index (χ3n) is 2.54. The van der Waals surface area contributed by atoms with Crippen molar-refractivity contribution in [2.45, 2.75) is 32.6 Å². The van der Waals surface area contributed by atoms with Gasteiger partial charge in [0.2, 0.25) is 17.5 Å². The van der Waals surface area contributed by atoms with Crippen LogP contribution in [0, 0.1) is 0 Å². The molecule has 0 aromatic rings. The number of ketones is 2. The number of amides is 1. The summed E-state index contributed by atoms with van der Waals surface area (Å²) in [6.45, 7) is 2.21. The van der Waals surface area contributed by atoms with Crippen LogP contribution in [0.5, 0.6) is 0 Å². The first kappa shape index (κ1) is 16.6. The number of halogens is 1. The van der Waals surface area contributed by atoms with Crippen molar-refractivity contribution in [3.8, 4) is 0 Å². The van der Waals surface area contributed by atoms with Crippen LogP contribution in [-0.4, -0.2) is 24.0 Å². The minimum absolute atomic E-state index is 0. The standard InChI is InChI=1S/C13H17NO3.ClH/c1-2-3-4-8-12(16)14-9-10-6-5-7-11(15)13(10)17;/h5-7H,2-4,8-9H2,1H3,(H,14,16);1H. The van der Waals surface area contributed by atoms with Gasteiger partial charge in [0.1, 0.15) is 0 Å². The van der Waals surface area contributed by atoms with Gasteiger partial charge in [-0.1, -0.05) is 31.9 Å². The summed E-state index contributed by atoms with van der Waals surface area (Å²) in [6.07, 6.45) is 7.74. The summed E-state index contributed by atoms with van der Waals surface area (Å²) in [5.41, 5.74) is 0.348. The highest BCUT2D eigenvalue weighted by Crippen LogP contribution is 2.04. The summed E-state index contributed by atoms with van der Waals surface area (Å²) < 4.78 is 0. The van der Waals surface area contributed by atoms with E-state index in [1.165, 1.54) is 12.2 Å². The third kappa shape index (κ3) is 5.27. The molecule has 5 heteroatoms. The Kier molecular flexibility index (Phi) is 7.96. The second-order valence-corrected chi connectivity index (χ2v) is 3.98. The number of hydrogen-bond acceptors (Lipinski definition) is 3. The van der Waals surface area contributed by atoms with E-state index in [-0.39, 0.29) is 24.9 Å². The maximum absolute atomic E-state index is 11.4. The van der Waals surface area contributed by atoms with Gasteiger partial charge in [0.25, 0.3) is 0 Å². The lowest BCUT2D eigenvalue weighted by atomic mass is 10.0. The Bertz CT molecular complexity index is 386. The van der Waals surface area contributed by atoms with Gasteiger partial charge in [0, 0.05) is 18.5 Å². The summed E-state index contributed by atoms with van der Waals surface area (Å²) in [4.78, 5) is 33.8. The van der Waals surface area contributed by atoms with E-state index in [1.807, 2.05) is 0 Å². The second-order valence-electron chi connectivity index (χ2n) is 3.98. The first-order chi connectivity index (χ1) is 8.15. The molecule has 0 fully saturated rings. The van der Waals surface area contributed by atoms with Crippen LogP contribution < -0.4 is 5.32 Å². The molecule has 4 nitrogen and oxygen atoms in total. The van der Waals surface area contributed by atoms with Gasteiger partial charge in [-0.2, -0.15) is 0 Å². The number of hydrogen-bond donors (Lipinski definition) is 1. The number of carbonyl (C=O) groups is 3. The molecule has 1 amide bonds. The van der Waals surface area contributed by atoms with Crippen LogP contribution in [0.1, 0.15) is 32.6 Å². The molecule has 0 bridgehead atoms. The van der Waals surface area contributed by atoms with Gasteiger partial charge in [-0.3, -0.25) is 14.4 Å². The molecule has 0 aliphatic heterocycles. The van der Waals surface area contributed by atoms with Crippen molar-refractivity contribution in [2.24, 2.45) is 0 Å². The Morgan fingerprint density at radius 2 is 2.00 bits per heavy atom. The number of allylic oxidation sites excluding steroid dienone is 3. The topological polar surface area (TPSA) is 63.2 Å². The number of carbonyl (C=O) groups excluding carboxylic acids is 3. The van der Waals surface area contributed by atoms with Crippen molar-refractivity contribution in [3.63, 3.8) is 0 Å². The van der Waals surface area contributed by atoms with Gasteiger partial charge >= 0.3 is 0 Å². The quantitative estimate of drug-likeness (QED) is 0.455. The monoisotopic (exact) mass is 271 g/mol. The molecule has 1 aliphatic rings. The third-order valence-corrected chi connectivity index (χ3v) is 2.54. The highest BCUT2D eigenvalue weighted by Gasteiger charge is 2.18. The Hall–Kier alpha value is -1.42. The van der Waals surface area contributed by atoms with E-state index in [4.69, 9.17) is 0 Å². The van der Waals surface area contributed by atoms with Crippen molar-refractivity contribution in [1.29, 1.82) is 0 Å². The smallest absolute Gasteiger partial charge is 0.230 e. The lowest BCUT2D eigenvalue weighted by molar-refractivity contribution is -0.131. The van der Waals surface area contributed by atoms with Crippen molar-refractivity contribution < 1.29 is 14.4 Å². The molecule has 18 heavy (non-hydrogen) atoms. The minimum atomic E-state index is -0.527. The minimum Gasteiger partial charge on any atom is -0.352 e. The van der Waals surface area contributed by atoms with Crippen molar-refractivity contribution in [1.82, 2.24) is 5.32 Å². The summed E-state index contributed by atoms with van der Waals surface area (Å²) in [5, 5.41) is 2.65. The van der Waals surface area contributed by atoms with Crippen LogP contribution in [0.15, 0.2) is 23.8 Å². The Morgan fingerprint density at radius 1 is 1.28 bits per heavy atom. The fourth-order valence-corrected chi connectivity index (χ4v) is 1.52. The number of Topliss-reactive ketones (excluding diaryl/α,β-unsaturated/α-hetero) is 1. The molecule has 1 aliphatic carbocycles. The van der Waals surface area contributed by atoms with Gasteiger partial charge in [-0.25, -0.2) is 0 Å². The lowest BCUT2D eigenvalue weighted by Crippen LogP contribution is -2.30. The van der Waals surface area contributed by atoms with Crippen molar-refractivity contribution in [3.05, 3.63) is 23.8 Å². The zero-order valence-electron chi connectivity index (χ0n) is 10.4. The highest BCUT2D eigenvalue weighted by atomic mass is 35.5. The fraction of sp³-hybridized carbons (Fsp3) is 0.462. The molecule has 0 aromatic carbocycles. The number of unbranched alkanes of at least 4 members (excludes halogenated alkanes) is 2. The van der Waals surface area contributed by atoms with E-state index in [1.54, 1.807) is 6.08 Å². The molecule has 0 aromatic heterocycles. The van der Waals surface area contributed by atoms with Gasteiger partial charge in [-0.05, 0) is 12.5 Å². The molecule has 1 rings (SSSR count). The zero-order chi connectivity index (χ0) is 12.7. The molecule has 0 saturated carbocycles. The van der Waals surface area contributed by atoms with Crippen LogP contribution >= 0.6 is 12.4 Å². The van der Waals surface area contributed by atoms with E-state index in [9.17, 15) is 14.4 Å². The highest BCUT2D eigenvalue weighted by molar-refractivity contribution is 6.48. The lowest BCUT2D eigenvalue weighted by Gasteiger charge is -2.08. The SMILES string of the molecule is CCCCCC(=O)NCC1=CC=CC(=O)C1=O.Cl. The summed E-state index contributed by atoms with van der Waals surface area (Å²) in [5.74, 6) is -1.13. The van der Waals surface area contributed by atoms with Crippen molar-refractivity contribution in [2.75, 3.05) is 6.54 Å². The molecule has 0 saturated heterocycles. The predicted molar refractivity (Wildman–Crippen MR) is 71.6 cm³/mol. The van der Waals surface area contributed by atoms with Crippen LogP contribution in [-0.2, 0) is 14.4 Å². The van der Waals surface area contributed by atoms with Crippen LogP contribution in [0.4, 0.5) is 0 Å². The van der Waals surface area contributed by atoms with Gasteiger partial charge in [0.05, 0.1) is 0 Å². The van der Waals surface area contributed by atoms with E-state index >= 15 is 0 Å². The van der Waals surface area contributed by atoms with E-state index in [2.05, 4.69) is 12.2 Å². The van der Waals surface area contributed by atoms with Crippen LogP contribution in [0.25, 0.3) is 0 Å². The molecule has 0 unspecified atom stereocenters. The molecule has 0 spiro atoms. The molecule has 0 atom stereocenters. The molecule has 100 valence electrons. The number of nitrogens with one attached hydrogen (secondary N) is 1. The average molecular weight is 272 g/mol. The summed E-state index contributed by atoms with van der Waals surface area (Å²) in [7, 11) is 0. The Labute approximate surface area is 113 Å². The normalized spacial score (nSPS) is 13.9. The van der Waals surface area contributed by atoms with E-state index in [0.29, 0.717) is 12.0 Å². The maximum atomic E-state index is 11.4. The molecule has 0 heterocycles. The molecule has 1 N–H and O–H groups in total. The van der Waals surface area contributed by atoms with E-state index < -0.39 is 11.6 Å². The molecular weight excluding hydrogens is 254 g/mol. The molecule has 0 radical (unpaired) electrons. The van der Waals surface area contributed by atoms with Gasteiger partial charge in [-0.15, -0.1) is 12.4 Å². The maximum Gasteiger partial charge on any atom is 0.230 e.